The highest BCUT2D eigenvalue weighted by molar-refractivity contribution is 7.17. The first-order valence-corrected chi connectivity index (χ1v) is 9.53. The zero-order valence-corrected chi connectivity index (χ0v) is 16.1. The van der Waals surface area contributed by atoms with E-state index < -0.39 is 0 Å². The fraction of sp³-hybridized carbons (Fsp3) is 0.421. The van der Waals surface area contributed by atoms with Crippen molar-refractivity contribution in [3.8, 4) is 5.75 Å². The molecule has 6 nitrogen and oxygen atoms in total. The number of hydrogen-bond acceptors (Lipinski definition) is 5. The van der Waals surface area contributed by atoms with Crippen molar-refractivity contribution in [2.24, 2.45) is 0 Å². The molecule has 0 spiro atoms. The van der Waals surface area contributed by atoms with Crippen molar-refractivity contribution >= 4 is 28.3 Å². The fourth-order valence-corrected chi connectivity index (χ4v) is 4.03. The van der Waals surface area contributed by atoms with E-state index in [-0.39, 0.29) is 17.7 Å². The molecule has 138 valence electrons. The number of carbonyl (C=O) groups excluding carboxylic acids is 2. The molecule has 1 aliphatic rings. The average molecular weight is 373 g/mol. The monoisotopic (exact) mass is 373 g/mol. The van der Waals surface area contributed by atoms with Crippen LogP contribution in [0.5, 0.6) is 5.75 Å². The lowest BCUT2D eigenvalue weighted by atomic mass is 10.1. The number of rotatable bonds is 6. The number of benzene rings is 1. The summed E-state index contributed by atoms with van der Waals surface area (Å²) in [6, 6.07) is 7.57. The minimum Gasteiger partial charge on any atom is -0.497 e. The standard InChI is InChI=1S/C19H23N3O3S/c1-12(2)16-17(26-19(21-16)22-10-4-5-15(22)23)18(24)20-11-13-6-8-14(25-3)9-7-13/h6-9,12H,4-5,10-11H2,1-3H3,(H,20,24). The number of anilines is 1. The molecule has 2 heterocycles. The maximum atomic E-state index is 12.7. The summed E-state index contributed by atoms with van der Waals surface area (Å²) in [7, 11) is 1.62. The van der Waals surface area contributed by atoms with E-state index in [1.54, 1.807) is 12.0 Å². The Morgan fingerprint density at radius 2 is 2.08 bits per heavy atom. The van der Waals surface area contributed by atoms with Crippen LogP contribution >= 0.6 is 11.3 Å². The molecule has 1 aromatic carbocycles. The minimum absolute atomic E-state index is 0.0826. The van der Waals surface area contributed by atoms with Crippen molar-refractivity contribution in [2.45, 2.75) is 39.2 Å². The molecule has 0 atom stereocenters. The Labute approximate surface area is 157 Å². The van der Waals surface area contributed by atoms with Crippen LogP contribution in [0, 0.1) is 0 Å². The minimum atomic E-state index is -0.153. The van der Waals surface area contributed by atoms with Crippen LogP contribution in [0.1, 0.15) is 53.5 Å². The van der Waals surface area contributed by atoms with E-state index in [4.69, 9.17) is 4.74 Å². The number of nitrogens with zero attached hydrogens (tertiary/aromatic N) is 2. The van der Waals surface area contributed by atoms with Gasteiger partial charge in [0.05, 0.1) is 12.8 Å². The van der Waals surface area contributed by atoms with Gasteiger partial charge >= 0.3 is 0 Å². The van der Waals surface area contributed by atoms with Crippen LogP contribution in [0.4, 0.5) is 5.13 Å². The molecule has 2 aromatic rings. The zero-order valence-electron chi connectivity index (χ0n) is 15.2. The topological polar surface area (TPSA) is 71.5 Å². The van der Waals surface area contributed by atoms with Gasteiger partial charge in [-0.3, -0.25) is 14.5 Å². The van der Waals surface area contributed by atoms with Gasteiger partial charge in [-0.25, -0.2) is 4.98 Å². The number of thiazole rings is 1. The number of ether oxygens (including phenoxy) is 1. The molecule has 0 saturated carbocycles. The Kier molecular flexibility index (Phi) is 5.56. The molecule has 0 aliphatic carbocycles. The molecule has 0 bridgehead atoms. The highest BCUT2D eigenvalue weighted by Gasteiger charge is 2.28. The quantitative estimate of drug-likeness (QED) is 0.843. The second-order valence-corrected chi connectivity index (χ2v) is 7.52. The number of aromatic nitrogens is 1. The molecule has 1 fully saturated rings. The lowest BCUT2D eigenvalue weighted by molar-refractivity contribution is -0.117. The normalized spacial score (nSPS) is 14.2. The van der Waals surface area contributed by atoms with Crippen molar-refractivity contribution in [2.75, 3.05) is 18.6 Å². The molecule has 0 radical (unpaired) electrons. The van der Waals surface area contributed by atoms with E-state index in [1.165, 1.54) is 11.3 Å². The molecule has 3 rings (SSSR count). The van der Waals surface area contributed by atoms with Gasteiger partial charge in [0, 0.05) is 19.5 Å². The molecule has 1 aliphatic heterocycles. The lowest BCUT2D eigenvalue weighted by Gasteiger charge is -2.10. The van der Waals surface area contributed by atoms with Gasteiger partial charge in [-0.1, -0.05) is 37.3 Å². The maximum Gasteiger partial charge on any atom is 0.263 e. The molecule has 2 amide bonds. The lowest BCUT2D eigenvalue weighted by Crippen LogP contribution is -2.23. The Hall–Kier alpha value is -2.41. The molecular formula is C19H23N3O3S. The second-order valence-electron chi connectivity index (χ2n) is 6.55. The largest absolute Gasteiger partial charge is 0.497 e. The number of carbonyl (C=O) groups is 2. The van der Waals surface area contributed by atoms with E-state index >= 15 is 0 Å². The Morgan fingerprint density at radius 3 is 2.65 bits per heavy atom. The van der Waals surface area contributed by atoms with Crippen LogP contribution < -0.4 is 15.0 Å². The number of hydrogen-bond donors (Lipinski definition) is 1. The van der Waals surface area contributed by atoms with Crippen molar-refractivity contribution < 1.29 is 14.3 Å². The summed E-state index contributed by atoms with van der Waals surface area (Å²) in [5.41, 5.74) is 1.74. The van der Waals surface area contributed by atoms with E-state index in [9.17, 15) is 9.59 Å². The van der Waals surface area contributed by atoms with Crippen molar-refractivity contribution in [3.63, 3.8) is 0 Å². The van der Waals surface area contributed by atoms with E-state index in [0.717, 1.165) is 23.4 Å². The third-order valence-corrected chi connectivity index (χ3v) is 5.40. The molecule has 1 aromatic heterocycles. The smallest absolute Gasteiger partial charge is 0.263 e. The van der Waals surface area contributed by atoms with Gasteiger partial charge in [-0.2, -0.15) is 0 Å². The summed E-state index contributed by atoms with van der Waals surface area (Å²) in [6.45, 7) is 5.11. The van der Waals surface area contributed by atoms with Gasteiger partial charge in [0.2, 0.25) is 5.91 Å². The van der Waals surface area contributed by atoms with Crippen molar-refractivity contribution in [1.82, 2.24) is 10.3 Å². The van der Waals surface area contributed by atoms with Crippen LogP contribution in [0.3, 0.4) is 0 Å². The summed E-state index contributed by atoms with van der Waals surface area (Å²) >= 11 is 1.30. The third-order valence-electron chi connectivity index (χ3n) is 4.31. The average Bonchev–Trinajstić information content (AvgIpc) is 3.26. The molecular weight excluding hydrogens is 350 g/mol. The van der Waals surface area contributed by atoms with Crippen LogP contribution in [-0.4, -0.2) is 30.5 Å². The predicted octanol–water partition coefficient (Wildman–Crippen LogP) is 3.33. The van der Waals surface area contributed by atoms with Crippen LogP contribution in [0.2, 0.25) is 0 Å². The number of methoxy groups -OCH3 is 1. The predicted molar refractivity (Wildman–Crippen MR) is 102 cm³/mol. The summed E-state index contributed by atoms with van der Waals surface area (Å²) in [5, 5.41) is 3.58. The molecule has 1 saturated heterocycles. The second kappa shape index (κ2) is 7.86. The van der Waals surface area contributed by atoms with Gasteiger partial charge in [0.15, 0.2) is 5.13 Å². The highest BCUT2D eigenvalue weighted by Crippen LogP contribution is 2.33. The Bertz CT molecular complexity index is 799. The molecule has 0 unspecified atom stereocenters. The molecule has 26 heavy (non-hydrogen) atoms. The van der Waals surface area contributed by atoms with Crippen molar-refractivity contribution in [1.29, 1.82) is 0 Å². The van der Waals surface area contributed by atoms with Crippen LogP contribution in [0.15, 0.2) is 24.3 Å². The summed E-state index contributed by atoms with van der Waals surface area (Å²) < 4.78 is 5.14. The first kappa shape index (κ1) is 18.4. The van der Waals surface area contributed by atoms with Gasteiger partial charge < -0.3 is 10.1 Å². The van der Waals surface area contributed by atoms with Gasteiger partial charge in [-0.05, 0) is 30.0 Å². The summed E-state index contributed by atoms with van der Waals surface area (Å²) in [4.78, 5) is 31.6. The van der Waals surface area contributed by atoms with Crippen LogP contribution in [-0.2, 0) is 11.3 Å². The molecule has 1 N–H and O–H groups in total. The maximum absolute atomic E-state index is 12.7. The summed E-state index contributed by atoms with van der Waals surface area (Å²) in [5.74, 6) is 0.822. The first-order valence-electron chi connectivity index (χ1n) is 8.71. The fourth-order valence-electron chi connectivity index (χ4n) is 2.85. The SMILES string of the molecule is COc1ccc(CNC(=O)c2sc(N3CCCC3=O)nc2C(C)C)cc1. The Morgan fingerprint density at radius 1 is 1.35 bits per heavy atom. The van der Waals surface area contributed by atoms with Crippen molar-refractivity contribution in [3.05, 3.63) is 40.4 Å². The first-order chi connectivity index (χ1) is 12.5. The highest BCUT2D eigenvalue weighted by atomic mass is 32.1. The third kappa shape index (κ3) is 3.88. The number of amides is 2. The van der Waals surface area contributed by atoms with E-state index in [2.05, 4.69) is 10.3 Å². The Balaban J connectivity index is 1.74. The number of nitrogens with one attached hydrogen (secondary N) is 1. The van der Waals surface area contributed by atoms with Gasteiger partial charge in [-0.15, -0.1) is 0 Å². The van der Waals surface area contributed by atoms with E-state index in [0.29, 0.717) is 29.5 Å². The molecule has 7 heteroatoms. The van der Waals surface area contributed by atoms with Gasteiger partial charge in [0.1, 0.15) is 10.6 Å². The van der Waals surface area contributed by atoms with Crippen LogP contribution in [0.25, 0.3) is 0 Å². The zero-order chi connectivity index (χ0) is 18.7. The van der Waals surface area contributed by atoms with E-state index in [1.807, 2.05) is 38.1 Å². The summed E-state index contributed by atoms with van der Waals surface area (Å²) in [6.07, 6.45) is 1.39. The van der Waals surface area contributed by atoms with Gasteiger partial charge in [0.25, 0.3) is 5.91 Å².